The molecule has 1 heterocycles. The van der Waals surface area contributed by atoms with Crippen LogP contribution in [0, 0.1) is 6.92 Å². The van der Waals surface area contributed by atoms with E-state index in [1.54, 1.807) is 19.1 Å². The third kappa shape index (κ3) is 1.59. The van der Waals surface area contributed by atoms with Gasteiger partial charge in [-0.3, -0.25) is 20.2 Å². The molecule has 1 aromatic rings. The molecule has 94 valence electrons. The third-order valence-corrected chi connectivity index (χ3v) is 3.36. The molecule has 0 atom stereocenters. The fourth-order valence-corrected chi connectivity index (χ4v) is 2.36. The van der Waals surface area contributed by atoms with Gasteiger partial charge in [-0.05, 0) is 24.5 Å². The van der Waals surface area contributed by atoms with Crippen molar-refractivity contribution < 1.29 is 14.4 Å². The molecule has 0 radical (unpaired) electrons. The molecule has 1 aromatic carbocycles. The number of urea groups is 1. The zero-order chi connectivity index (χ0) is 13.3. The van der Waals surface area contributed by atoms with Gasteiger partial charge in [-0.1, -0.05) is 31.2 Å². The Kier molecular flexibility index (Phi) is 2.90. The SMILES string of the molecule is CCC1(c2ccccc2C)C(=O)NC(=O)NC1=O. The number of carbonyl (C=O) groups is 3. The van der Waals surface area contributed by atoms with E-state index in [4.69, 9.17) is 0 Å². The maximum absolute atomic E-state index is 12.1. The molecule has 5 heteroatoms. The Hall–Kier alpha value is -2.17. The number of rotatable bonds is 2. The molecule has 0 spiro atoms. The van der Waals surface area contributed by atoms with Gasteiger partial charge in [0.15, 0.2) is 5.41 Å². The van der Waals surface area contributed by atoms with Gasteiger partial charge in [0.2, 0.25) is 11.8 Å². The van der Waals surface area contributed by atoms with Crippen molar-refractivity contribution in [3.63, 3.8) is 0 Å². The Morgan fingerprint density at radius 2 is 1.61 bits per heavy atom. The Labute approximate surface area is 105 Å². The first-order valence-electron chi connectivity index (χ1n) is 5.75. The van der Waals surface area contributed by atoms with Crippen LogP contribution in [0.4, 0.5) is 4.79 Å². The van der Waals surface area contributed by atoms with Crippen molar-refractivity contribution in [1.82, 2.24) is 10.6 Å². The lowest BCUT2D eigenvalue weighted by molar-refractivity contribution is -0.138. The van der Waals surface area contributed by atoms with Crippen LogP contribution >= 0.6 is 0 Å². The molecule has 1 aliphatic rings. The highest BCUT2D eigenvalue weighted by atomic mass is 16.2. The number of nitrogens with one attached hydrogen (secondary N) is 2. The van der Waals surface area contributed by atoms with Gasteiger partial charge < -0.3 is 0 Å². The van der Waals surface area contributed by atoms with Crippen LogP contribution in [0.2, 0.25) is 0 Å². The average molecular weight is 246 g/mol. The minimum absolute atomic E-state index is 0.294. The smallest absolute Gasteiger partial charge is 0.277 e. The molecule has 18 heavy (non-hydrogen) atoms. The molecule has 1 fully saturated rings. The summed E-state index contributed by atoms with van der Waals surface area (Å²) in [5.41, 5.74) is 0.160. The molecule has 0 saturated carbocycles. The summed E-state index contributed by atoms with van der Waals surface area (Å²) in [6, 6.07) is 6.43. The number of hydrogen-bond donors (Lipinski definition) is 2. The molecule has 2 N–H and O–H groups in total. The lowest BCUT2D eigenvalue weighted by atomic mass is 9.73. The van der Waals surface area contributed by atoms with E-state index in [0.29, 0.717) is 12.0 Å². The molecule has 5 nitrogen and oxygen atoms in total. The summed E-state index contributed by atoms with van der Waals surface area (Å²) in [5, 5.41) is 4.33. The average Bonchev–Trinajstić information content (AvgIpc) is 2.31. The largest absolute Gasteiger partial charge is 0.328 e. The molecule has 4 amide bonds. The lowest BCUT2D eigenvalue weighted by Gasteiger charge is -2.34. The summed E-state index contributed by atoms with van der Waals surface area (Å²) in [5.74, 6) is -1.12. The summed E-state index contributed by atoms with van der Waals surface area (Å²) in [6.07, 6.45) is 0.294. The van der Waals surface area contributed by atoms with Crippen molar-refractivity contribution >= 4 is 17.8 Å². The number of carbonyl (C=O) groups excluding carboxylic acids is 3. The fourth-order valence-electron chi connectivity index (χ4n) is 2.36. The van der Waals surface area contributed by atoms with Crippen LogP contribution in [-0.2, 0) is 15.0 Å². The highest BCUT2D eigenvalue weighted by Gasteiger charge is 2.50. The van der Waals surface area contributed by atoms with Gasteiger partial charge in [0, 0.05) is 0 Å². The molecule has 1 saturated heterocycles. The second-order valence-corrected chi connectivity index (χ2v) is 4.31. The first kappa shape index (κ1) is 12.3. The van der Waals surface area contributed by atoms with Gasteiger partial charge in [-0.25, -0.2) is 4.79 Å². The number of aryl methyl sites for hydroxylation is 1. The van der Waals surface area contributed by atoms with E-state index in [2.05, 4.69) is 10.6 Å². The molecule has 2 rings (SSSR count). The second-order valence-electron chi connectivity index (χ2n) is 4.31. The van der Waals surface area contributed by atoms with E-state index in [-0.39, 0.29) is 0 Å². The minimum atomic E-state index is -1.32. The van der Waals surface area contributed by atoms with E-state index in [9.17, 15) is 14.4 Å². The van der Waals surface area contributed by atoms with Gasteiger partial charge >= 0.3 is 6.03 Å². The molecule has 0 bridgehead atoms. The van der Waals surface area contributed by atoms with Crippen LogP contribution in [0.1, 0.15) is 24.5 Å². The topological polar surface area (TPSA) is 75.3 Å². The zero-order valence-corrected chi connectivity index (χ0v) is 10.2. The molecule has 0 aliphatic carbocycles. The predicted molar refractivity (Wildman–Crippen MR) is 64.8 cm³/mol. The van der Waals surface area contributed by atoms with Crippen molar-refractivity contribution in [1.29, 1.82) is 0 Å². The van der Waals surface area contributed by atoms with Crippen LogP contribution in [0.15, 0.2) is 24.3 Å². The van der Waals surface area contributed by atoms with E-state index in [0.717, 1.165) is 5.56 Å². The highest BCUT2D eigenvalue weighted by molar-refractivity contribution is 6.23. The molecular weight excluding hydrogens is 232 g/mol. The van der Waals surface area contributed by atoms with Crippen LogP contribution in [-0.4, -0.2) is 17.8 Å². The summed E-state index contributed by atoms with van der Waals surface area (Å²) in [6.45, 7) is 3.59. The standard InChI is InChI=1S/C13H14N2O3/c1-3-13(9-7-5-4-6-8(9)2)10(16)14-12(18)15-11(13)17/h4-7H,3H2,1-2H3,(H2,14,15,16,17,18). The predicted octanol–water partition coefficient (Wildman–Crippen LogP) is 1.01. The van der Waals surface area contributed by atoms with Crippen molar-refractivity contribution in [2.45, 2.75) is 25.7 Å². The van der Waals surface area contributed by atoms with Crippen molar-refractivity contribution in [3.05, 3.63) is 35.4 Å². The Balaban J connectivity index is 2.61. The van der Waals surface area contributed by atoms with E-state index in [1.807, 2.05) is 19.1 Å². The van der Waals surface area contributed by atoms with Gasteiger partial charge in [0.1, 0.15) is 0 Å². The van der Waals surface area contributed by atoms with Crippen LogP contribution in [0.5, 0.6) is 0 Å². The monoisotopic (exact) mass is 246 g/mol. The molecule has 1 aliphatic heterocycles. The Morgan fingerprint density at radius 1 is 1.06 bits per heavy atom. The Bertz CT molecular complexity index is 517. The maximum Gasteiger partial charge on any atom is 0.328 e. The summed E-state index contributed by atoms with van der Waals surface area (Å²) < 4.78 is 0. The second kappa shape index (κ2) is 4.25. The van der Waals surface area contributed by atoms with Crippen molar-refractivity contribution in [2.75, 3.05) is 0 Å². The molecular formula is C13H14N2O3. The Morgan fingerprint density at radius 3 is 2.11 bits per heavy atom. The van der Waals surface area contributed by atoms with E-state index < -0.39 is 23.3 Å². The van der Waals surface area contributed by atoms with Gasteiger partial charge in [0.05, 0.1) is 0 Å². The number of benzene rings is 1. The van der Waals surface area contributed by atoms with Gasteiger partial charge in [0.25, 0.3) is 0 Å². The van der Waals surface area contributed by atoms with Crippen molar-refractivity contribution in [2.24, 2.45) is 0 Å². The quantitative estimate of drug-likeness (QED) is 0.765. The normalized spacial score (nSPS) is 18.2. The first-order valence-corrected chi connectivity index (χ1v) is 5.75. The van der Waals surface area contributed by atoms with E-state index in [1.165, 1.54) is 0 Å². The van der Waals surface area contributed by atoms with Crippen molar-refractivity contribution in [3.8, 4) is 0 Å². The van der Waals surface area contributed by atoms with Gasteiger partial charge in [-0.2, -0.15) is 0 Å². The number of hydrogen-bond acceptors (Lipinski definition) is 3. The fraction of sp³-hybridized carbons (Fsp3) is 0.308. The first-order chi connectivity index (χ1) is 8.52. The maximum atomic E-state index is 12.1. The van der Waals surface area contributed by atoms with E-state index >= 15 is 0 Å². The van der Waals surface area contributed by atoms with Gasteiger partial charge in [-0.15, -0.1) is 0 Å². The highest BCUT2D eigenvalue weighted by Crippen LogP contribution is 2.32. The van der Waals surface area contributed by atoms with Crippen LogP contribution in [0.3, 0.4) is 0 Å². The number of imide groups is 2. The number of barbiturate groups is 1. The van der Waals surface area contributed by atoms with Crippen LogP contribution in [0.25, 0.3) is 0 Å². The summed E-state index contributed by atoms with van der Waals surface area (Å²) in [7, 11) is 0. The minimum Gasteiger partial charge on any atom is -0.277 e. The zero-order valence-electron chi connectivity index (χ0n) is 10.2. The summed E-state index contributed by atoms with van der Waals surface area (Å²) in [4.78, 5) is 35.4. The third-order valence-electron chi connectivity index (χ3n) is 3.36. The molecule has 0 unspecified atom stereocenters. The van der Waals surface area contributed by atoms with Crippen LogP contribution < -0.4 is 10.6 Å². The lowest BCUT2D eigenvalue weighted by Crippen LogP contribution is -2.64. The molecule has 0 aromatic heterocycles. The summed E-state index contributed by atoms with van der Waals surface area (Å²) >= 11 is 0. The number of amides is 4.